The minimum atomic E-state index is -0.907. The number of carbonyl (C=O) groups excluding carboxylic acids is 2. The lowest BCUT2D eigenvalue weighted by atomic mass is 10.1. The Morgan fingerprint density at radius 2 is 1.97 bits per heavy atom. The highest BCUT2D eigenvalue weighted by molar-refractivity contribution is 7.19. The number of imidazole rings is 1. The fraction of sp³-hybridized carbons (Fsp3) is 0.381. The van der Waals surface area contributed by atoms with Crippen LogP contribution in [-0.2, 0) is 18.9 Å². The Bertz CT molecular complexity index is 1170. The van der Waals surface area contributed by atoms with E-state index in [0.29, 0.717) is 15.4 Å². The molecule has 0 N–H and O–H groups in total. The van der Waals surface area contributed by atoms with Crippen LogP contribution in [0.2, 0.25) is 0 Å². The van der Waals surface area contributed by atoms with Gasteiger partial charge in [-0.25, -0.2) is 9.37 Å². The van der Waals surface area contributed by atoms with Crippen LogP contribution >= 0.6 is 11.3 Å². The minimum absolute atomic E-state index is 0.276. The molecule has 8 nitrogen and oxygen atoms in total. The fourth-order valence-corrected chi connectivity index (χ4v) is 4.83. The molecule has 162 valence electrons. The molecule has 0 bridgehead atoms. The molecule has 0 unspecified atom stereocenters. The van der Waals surface area contributed by atoms with Crippen molar-refractivity contribution in [2.24, 2.45) is 0 Å². The molecule has 2 aliphatic rings. The maximum Gasteiger partial charge on any atom is 0.211 e. The number of ketones is 2. The van der Waals surface area contributed by atoms with Crippen molar-refractivity contribution in [3.05, 3.63) is 58.6 Å². The number of rotatable bonds is 5. The second kappa shape index (κ2) is 7.28. The third kappa shape index (κ3) is 3.40. The molecule has 2 saturated heterocycles. The van der Waals surface area contributed by atoms with Gasteiger partial charge in [-0.05, 0) is 38.1 Å². The Labute approximate surface area is 180 Å². The molecule has 31 heavy (non-hydrogen) atoms. The SMILES string of the molecule is CO[C@@H]1[C@H]2OC(C)(C)O[C@H]2O[C@@H]1C(=O)c1cn2c(C(=O)c3ccc(F)cc3)cnc2s1. The predicted octanol–water partition coefficient (Wildman–Crippen LogP) is 2.84. The van der Waals surface area contributed by atoms with E-state index in [1.807, 2.05) is 0 Å². The second-order valence-corrected chi connectivity index (χ2v) is 8.83. The van der Waals surface area contributed by atoms with E-state index < -0.39 is 36.2 Å². The van der Waals surface area contributed by atoms with E-state index in [1.54, 1.807) is 24.4 Å². The van der Waals surface area contributed by atoms with Gasteiger partial charge in [0.15, 0.2) is 23.1 Å². The first-order valence-electron chi connectivity index (χ1n) is 9.63. The fourth-order valence-electron chi connectivity index (χ4n) is 3.91. The van der Waals surface area contributed by atoms with Crippen LogP contribution in [0.4, 0.5) is 4.39 Å². The van der Waals surface area contributed by atoms with Gasteiger partial charge in [-0.3, -0.25) is 14.0 Å². The van der Waals surface area contributed by atoms with Gasteiger partial charge in [-0.1, -0.05) is 11.3 Å². The average Bonchev–Trinajstić information content (AvgIpc) is 3.45. The molecular formula is C21H19FN2O6S. The number of hydrogen-bond donors (Lipinski definition) is 0. The molecule has 3 aromatic rings. The summed E-state index contributed by atoms with van der Waals surface area (Å²) in [5, 5.41) is 0. The maximum atomic E-state index is 13.2. The summed E-state index contributed by atoms with van der Waals surface area (Å²) in [6.45, 7) is 3.54. The minimum Gasteiger partial charge on any atom is -0.375 e. The lowest BCUT2D eigenvalue weighted by Gasteiger charge is -2.23. The number of nitrogens with zero attached hydrogens (tertiary/aromatic N) is 2. The molecule has 10 heteroatoms. The lowest BCUT2D eigenvalue weighted by molar-refractivity contribution is -0.210. The van der Waals surface area contributed by atoms with Crippen LogP contribution in [0.5, 0.6) is 0 Å². The molecule has 2 aromatic heterocycles. The topological polar surface area (TPSA) is 88.4 Å². The molecule has 2 fully saturated rings. The van der Waals surface area contributed by atoms with Gasteiger partial charge in [0.25, 0.3) is 0 Å². The first-order chi connectivity index (χ1) is 14.8. The van der Waals surface area contributed by atoms with E-state index in [2.05, 4.69) is 4.98 Å². The highest BCUT2D eigenvalue weighted by Crippen LogP contribution is 2.40. The summed E-state index contributed by atoms with van der Waals surface area (Å²) in [4.78, 5) is 31.1. The standard InChI is InChI=1S/C21H19FN2O6S/c1-21(2)29-18-17(27-3)16(28-19(18)30-21)15(26)13-9-24-12(8-23-20(24)31-13)14(25)10-4-6-11(22)7-5-10/h4-9,16-19H,1-3H3/t16-,17+,18-,19-/m1/s1. The first kappa shape index (κ1) is 20.4. The number of fused-ring (bicyclic) bond motifs is 2. The largest absolute Gasteiger partial charge is 0.375 e. The summed E-state index contributed by atoms with van der Waals surface area (Å²) in [6, 6.07) is 5.26. The molecular weight excluding hydrogens is 427 g/mol. The van der Waals surface area contributed by atoms with E-state index in [9.17, 15) is 14.0 Å². The quantitative estimate of drug-likeness (QED) is 0.557. The van der Waals surface area contributed by atoms with Crippen molar-refractivity contribution in [3.8, 4) is 0 Å². The van der Waals surface area contributed by atoms with Crippen molar-refractivity contribution in [2.75, 3.05) is 7.11 Å². The molecule has 1 aromatic carbocycles. The van der Waals surface area contributed by atoms with E-state index in [4.69, 9.17) is 18.9 Å². The summed E-state index contributed by atoms with van der Waals surface area (Å²) in [7, 11) is 1.49. The first-order valence-corrected chi connectivity index (χ1v) is 10.4. The van der Waals surface area contributed by atoms with Crippen LogP contribution in [-0.4, -0.2) is 58.4 Å². The number of Topliss-reactive ketones (excluding diaryl/α,β-unsaturated/α-hetero) is 1. The number of ether oxygens (including phenoxy) is 4. The van der Waals surface area contributed by atoms with Crippen LogP contribution in [0.15, 0.2) is 36.7 Å². The molecule has 0 spiro atoms. The number of hydrogen-bond acceptors (Lipinski definition) is 8. The van der Waals surface area contributed by atoms with Crippen molar-refractivity contribution >= 4 is 27.9 Å². The van der Waals surface area contributed by atoms with Crippen LogP contribution in [0.1, 0.15) is 39.6 Å². The summed E-state index contributed by atoms with van der Waals surface area (Å²) in [5.41, 5.74) is 0.600. The van der Waals surface area contributed by atoms with Gasteiger partial charge in [-0.15, -0.1) is 0 Å². The summed E-state index contributed by atoms with van der Waals surface area (Å²) in [5.74, 6) is -1.88. The Kier molecular flexibility index (Phi) is 4.79. The molecule has 4 atom stereocenters. The molecule has 2 aliphatic heterocycles. The number of benzene rings is 1. The Hall–Kier alpha value is -2.50. The zero-order chi connectivity index (χ0) is 21.9. The normalized spacial score (nSPS) is 27.0. The van der Waals surface area contributed by atoms with Crippen molar-refractivity contribution in [1.29, 1.82) is 0 Å². The smallest absolute Gasteiger partial charge is 0.211 e. The molecule has 5 rings (SSSR count). The zero-order valence-corrected chi connectivity index (χ0v) is 17.7. The molecule has 0 amide bonds. The number of aromatic nitrogens is 2. The Morgan fingerprint density at radius 3 is 2.68 bits per heavy atom. The van der Waals surface area contributed by atoms with Crippen LogP contribution in [0.25, 0.3) is 4.96 Å². The third-order valence-corrected chi connectivity index (χ3v) is 6.33. The zero-order valence-electron chi connectivity index (χ0n) is 16.9. The Balaban J connectivity index is 1.42. The number of methoxy groups -OCH3 is 1. The average molecular weight is 446 g/mol. The highest BCUT2D eigenvalue weighted by atomic mass is 32.1. The van der Waals surface area contributed by atoms with Crippen molar-refractivity contribution < 1.29 is 32.9 Å². The van der Waals surface area contributed by atoms with Gasteiger partial charge in [0.05, 0.1) is 11.1 Å². The number of carbonyl (C=O) groups is 2. The summed E-state index contributed by atoms with van der Waals surface area (Å²) >= 11 is 1.14. The van der Waals surface area contributed by atoms with E-state index >= 15 is 0 Å². The van der Waals surface area contributed by atoms with Crippen LogP contribution < -0.4 is 0 Å². The van der Waals surface area contributed by atoms with Gasteiger partial charge >= 0.3 is 0 Å². The third-order valence-electron chi connectivity index (χ3n) is 5.31. The van der Waals surface area contributed by atoms with Crippen LogP contribution in [0.3, 0.4) is 0 Å². The molecule has 0 radical (unpaired) electrons. The van der Waals surface area contributed by atoms with Gasteiger partial charge in [-0.2, -0.15) is 0 Å². The Morgan fingerprint density at radius 1 is 1.23 bits per heavy atom. The monoisotopic (exact) mass is 446 g/mol. The van der Waals surface area contributed by atoms with E-state index in [-0.39, 0.29) is 17.3 Å². The van der Waals surface area contributed by atoms with Gasteiger partial charge < -0.3 is 18.9 Å². The molecule has 4 heterocycles. The van der Waals surface area contributed by atoms with Gasteiger partial charge in [0, 0.05) is 18.9 Å². The summed E-state index contributed by atoms with van der Waals surface area (Å²) < 4.78 is 37.6. The van der Waals surface area contributed by atoms with Crippen LogP contribution in [0, 0.1) is 5.82 Å². The van der Waals surface area contributed by atoms with Gasteiger partial charge in [0.1, 0.15) is 23.7 Å². The van der Waals surface area contributed by atoms with Crippen molar-refractivity contribution in [1.82, 2.24) is 9.38 Å². The lowest BCUT2D eigenvalue weighted by Crippen LogP contribution is -2.39. The van der Waals surface area contributed by atoms with Gasteiger partial charge in [0.2, 0.25) is 11.6 Å². The summed E-state index contributed by atoms with van der Waals surface area (Å²) in [6.07, 6.45) is 0.234. The predicted molar refractivity (Wildman–Crippen MR) is 107 cm³/mol. The second-order valence-electron chi connectivity index (χ2n) is 7.82. The van der Waals surface area contributed by atoms with Crippen molar-refractivity contribution in [2.45, 2.75) is 44.2 Å². The van der Waals surface area contributed by atoms with Crippen molar-refractivity contribution in [3.63, 3.8) is 0 Å². The molecule has 0 aliphatic carbocycles. The number of thiazole rings is 1. The van der Waals surface area contributed by atoms with E-state index in [0.717, 1.165) is 11.3 Å². The van der Waals surface area contributed by atoms with E-state index in [1.165, 1.54) is 37.6 Å². The highest BCUT2D eigenvalue weighted by Gasteiger charge is 2.57. The maximum absolute atomic E-state index is 13.2. The number of halogens is 1. The molecule has 0 saturated carbocycles.